The van der Waals surface area contributed by atoms with Crippen molar-refractivity contribution in [2.75, 3.05) is 0 Å². The predicted octanol–water partition coefficient (Wildman–Crippen LogP) is 13.5. The summed E-state index contributed by atoms with van der Waals surface area (Å²) in [6, 6.07) is 71.0. The standard InChI is InChI=1S/C50H32N2/c1-2-14-35(15-3-1)42-32-38(37-26-25-33-13-4-5-17-36(33)31-37)27-28-46(42)52-45-23-11-9-21-41(45)50-48(52)30-29-47-49(50)40-20-8-10-22-44(40)51(47)43-24-12-18-34-16-6-7-19-39(34)43/h1-32H. The second kappa shape index (κ2) is 11.3. The van der Waals surface area contributed by atoms with E-state index in [-0.39, 0.29) is 0 Å². The van der Waals surface area contributed by atoms with E-state index in [2.05, 4.69) is 203 Å². The maximum atomic E-state index is 2.49. The molecule has 0 saturated carbocycles. The Morgan fingerprint density at radius 3 is 1.54 bits per heavy atom. The molecule has 2 aromatic heterocycles. The zero-order chi connectivity index (χ0) is 34.2. The smallest absolute Gasteiger partial charge is 0.0549 e. The molecule has 0 aliphatic rings. The van der Waals surface area contributed by atoms with Gasteiger partial charge in [0, 0.05) is 32.5 Å². The Labute approximate surface area is 301 Å². The molecule has 9 aromatic carbocycles. The first kappa shape index (κ1) is 28.9. The summed E-state index contributed by atoms with van der Waals surface area (Å²) in [7, 11) is 0. The van der Waals surface area contributed by atoms with Crippen molar-refractivity contribution in [2.45, 2.75) is 0 Å². The number of hydrogen-bond acceptors (Lipinski definition) is 0. The molecule has 11 rings (SSSR count). The first-order valence-corrected chi connectivity index (χ1v) is 17.9. The van der Waals surface area contributed by atoms with Crippen LogP contribution in [0.5, 0.6) is 0 Å². The van der Waals surface area contributed by atoms with Crippen LogP contribution in [0.2, 0.25) is 0 Å². The van der Waals surface area contributed by atoms with Crippen LogP contribution in [0.3, 0.4) is 0 Å². The van der Waals surface area contributed by atoms with Gasteiger partial charge in [0.1, 0.15) is 0 Å². The summed E-state index contributed by atoms with van der Waals surface area (Å²) >= 11 is 0. The number of hydrogen-bond donors (Lipinski definition) is 0. The minimum Gasteiger partial charge on any atom is -0.309 e. The van der Waals surface area contributed by atoms with E-state index >= 15 is 0 Å². The lowest BCUT2D eigenvalue weighted by atomic mass is 9.95. The lowest BCUT2D eigenvalue weighted by Crippen LogP contribution is -1.98. The quantitative estimate of drug-likeness (QED) is 0.178. The predicted molar refractivity (Wildman–Crippen MR) is 221 cm³/mol. The molecule has 2 nitrogen and oxygen atoms in total. The fraction of sp³-hybridized carbons (Fsp3) is 0. The van der Waals surface area contributed by atoms with Gasteiger partial charge in [-0.3, -0.25) is 0 Å². The summed E-state index contributed by atoms with van der Waals surface area (Å²) in [5, 5.41) is 10.1. The Morgan fingerprint density at radius 2 is 0.808 bits per heavy atom. The van der Waals surface area contributed by atoms with E-state index in [9.17, 15) is 0 Å². The maximum absolute atomic E-state index is 2.49. The molecule has 0 aliphatic heterocycles. The van der Waals surface area contributed by atoms with Gasteiger partial charge in [-0.15, -0.1) is 0 Å². The van der Waals surface area contributed by atoms with Gasteiger partial charge in [-0.1, -0.05) is 146 Å². The summed E-state index contributed by atoms with van der Waals surface area (Å²) in [5.41, 5.74) is 12.0. The molecule has 0 N–H and O–H groups in total. The van der Waals surface area contributed by atoms with Crippen molar-refractivity contribution in [3.63, 3.8) is 0 Å². The van der Waals surface area contributed by atoms with Gasteiger partial charge in [0.2, 0.25) is 0 Å². The Kier molecular flexibility index (Phi) is 6.28. The van der Waals surface area contributed by atoms with Gasteiger partial charge < -0.3 is 9.13 Å². The molecule has 0 fully saturated rings. The van der Waals surface area contributed by atoms with E-state index in [4.69, 9.17) is 0 Å². The minimum absolute atomic E-state index is 1.17. The number of para-hydroxylation sites is 2. The van der Waals surface area contributed by atoms with Crippen molar-refractivity contribution in [1.82, 2.24) is 9.13 Å². The van der Waals surface area contributed by atoms with Crippen LogP contribution in [0.25, 0.3) is 98.8 Å². The number of nitrogens with zero attached hydrogens (tertiary/aromatic N) is 2. The molecule has 0 unspecified atom stereocenters. The second-order valence-electron chi connectivity index (χ2n) is 13.7. The van der Waals surface area contributed by atoms with Crippen molar-refractivity contribution in [2.24, 2.45) is 0 Å². The highest BCUT2D eigenvalue weighted by molar-refractivity contribution is 6.29. The van der Waals surface area contributed by atoms with Crippen LogP contribution in [0.4, 0.5) is 0 Å². The Hall–Kier alpha value is -6.90. The molecule has 0 amide bonds. The second-order valence-corrected chi connectivity index (χ2v) is 13.7. The molecule has 52 heavy (non-hydrogen) atoms. The van der Waals surface area contributed by atoms with Gasteiger partial charge in [0.15, 0.2) is 0 Å². The monoisotopic (exact) mass is 660 g/mol. The summed E-state index contributed by atoms with van der Waals surface area (Å²) < 4.78 is 4.95. The van der Waals surface area contributed by atoms with Crippen molar-refractivity contribution in [1.29, 1.82) is 0 Å². The van der Waals surface area contributed by atoms with Crippen LogP contribution >= 0.6 is 0 Å². The highest BCUT2D eigenvalue weighted by Crippen LogP contribution is 2.44. The van der Waals surface area contributed by atoms with Crippen LogP contribution in [-0.4, -0.2) is 9.13 Å². The van der Waals surface area contributed by atoms with Crippen molar-refractivity contribution < 1.29 is 0 Å². The van der Waals surface area contributed by atoms with Gasteiger partial charge in [0.05, 0.1) is 33.4 Å². The van der Waals surface area contributed by atoms with Crippen LogP contribution in [0.1, 0.15) is 0 Å². The maximum Gasteiger partial charge on any atom is 0.0549 e. The lowest BCUT2D eigenvalue weighted by Gasteiger charge is -2.16. The SMILES string of the molecule is c1ccc(-c2cc(-c3ccc4ccccc4c3)ccc2-n2c3ccccc3c3c4c5ccccc5n(-c5cccc6ccccc56)c4ccc32)cc1. The Balaban J connectivity index is 1.23. The number of fused-ring (bicyclic) bond motifs is 9. The average Bonchev–Trinajstić information content (AvgIpc) is 3.73. The summed E-state index contributed by atoms with van der Waals surface area (Å²) in [4.78, 5) is 0. The zero-order valence-corrected chi connectivity index (χ0v) is 28.4. The molecule has 2 heteroatoms. The third-order valence-corrected chi connectivity index (χ3v) is 10.9. The molecule has 0 bridgehead atoms. The average molecular weight is 661 g/mol. The van der Waals surface area contributed by atoms with E-state index in [1.165, 1.54) is 98.8 Å². The molecule has 2 heterocycles. The third kappa shape index (κ3) is 4.25. The van der Waals surface area contributed by atoms with Gasteiger partial charge in [-0.2, -0.15) is 0 Å². The number of benzene rings is 9. The first-order chi connectivity index (χ1) is 25.8. The number of aromatic nitrogens is 2. The Bertz CT molecular complexity index is 3170. The van der Waals surface area contributed by atoms with Crippen LogP contribution in [-0.2, 0) is 0 Å². The van der Waals surface area contributed by atoms with E-state index in [1.807, 2.05) is 0 Å². The first-order valence-electron chi connectivity index (χ1n) is 17.9. The molecular formula is C50H32N2. The van der Waals surface area contributed by atoms with Gasteiger partial charge >= 0.3 is 0 Å². The molecule has 0 saturated heterocycles. The fourth-order valence-corrected chi connectivity index (χ4v) is 8.57. The summed E-state index contributed by atoms with van der Waals surface area (Å²) in [6.07, 6.45) is 0. The highest BCUT2D eigenvalue weighted by atomic mass is 15.0. The molecule has 0 aliphatic carbocycles. The van der Waals surface area contributed by atoms with E-state index in [0.29, 0.717) is 0 Å². The topological polar surface area (TPSA) is 9.86 Å². The number of rotatable bonds is 4. The van der Waals surface area contributed by atoms with Crippen LogP contribution in [0, 0.1) is 0 Å². The molecule has 11 aromatic rings. The minimum atomic E-state index is 1.17. The summed E-state index contributed by atoms with van der Waals surface area (Å²) in [6.45, 7) is 0. The Morgan fingerprint density at radius 1 is 0.269 bits per heavy atom. The van der Waals surface area contributed by atoms with E-state index in [0.717, 1.165) is 0 Å². The van der Waals surface area contributed by atoms with Gasteiger partial charge in [0.25, 0.3) is 0 Å². The molecule has 0 spiro atoms. The highest BCUT2D eigenvalue weighted by Gasteiger charge is 2.22. The van der Waals surface area contributed by atoms with E-state index < -0.39 is 0 Å². The zero-order valence-electron chi connectivity index (χ0n) is 28.4. The fourth-order valence-electron chi connectivity index (χ4n) is 8.57. The van der Waals surface area contributed by atoms with Crippen LogP contribution in [0.15, 0.2) is 194 Å². The largest absolute Gasteiger partial charge is 0.309 e. The lowest BCUT2D eigenvalue weighted by molar-refractivity contribution is 1.18. The van der Waals surface area contributed by atoms with Crippen molar-refractivity contribution in [3.8, 4) is 33.6 Å². The molecular weight excluding hydrogens is 629 g/mol. The van der Waals surface area contributed by atoms with E-state index in [1.54, 1.807) is 0 Å². The third-order valence-electron chi connectivity index (χ3n) is 10.9. The van der Waals surface area contributed by atoms with Crippen LogP contribution < -0.4 is 0 Å². The van der Waals surface area contributed by atoms with Gasteiger partial charge in [-0.05, 0) is 81.4 Å². The van der Waals surface area contributed by atoms with Gasteiger partial charge in [-0.25, -0.2) is 0 Å². The summed E-state index contributed by atoms with van der Waals surface area (Å²) in [5.74, 6) is 0. The van der Waals surface area contributed by atoms with Crippen molar-refractivity contribution in [3.05, 3.63) is 194 Å². The molecule has 242 valence electrons. The van der Waals surface area contributed by atoms with Crippen molar-refractivity contribution >= 4 is 65.2 Å². The normalized spacial score (nSPS) is 11.8. The molecule has 0 radical (unpaired) electrons. The molecule has 0 atom stereocenters.